The summed E-state index contributed by atoms with van der Waals surface area (Å²) in [5.41, 5.74) is 2.05. The summed E-state index contributed by atoms with van der Waals surface area (Å²) in [5.74, 6) is 0. The maximum absolute atomic E-state index is 6.02. The van der Waals surface area contributed by atoms with E-state index in [0.29, 0.717) is 5.03 Å². The van der Waals surface area contributed by atoms with E-state index in [1.807, 2.05) is 18.2 Å². The fourth-order valence-corrected chi connectivity index (χ4v) is 2.26. The van der Waals surface area contributed by atoms with Crippen LogP contribution in [0.4, 0.5) is 5.69 Å². The number of hydrogen-bond donors (Lipinski definition) is 0. The first-order chi connectivity index (χ1) is 7.68. The van der Waals surface area contributed by atoms with Crippen LogP contribution in [0.15, 0.2) is 28.8 Å². The summed E-state index contributed by atoms with van der Waals surface area (Å²) in [6.45, 7) is 2.22. The van der Waals surface area contributed by atoms with Crippen LogP contribution in [0.3, 0.4) is 0 Å². The number of halogens is 3. The molecule has 0 aliphatic carbocycles. The number of rotatable bonds is 2. The van der Waals surface area contributed by atoms with Gasteiger partial charge in [0, 0.05) is 18.8 Å². The zero-order valence-electron chi connectivity index (χ0n) is 8.72. The predicted octanol–water partition coefficient (Wildman–Crippen LogP) is 4.63. The Morgan fingerprint density at radius 1 is 1.06 bits per heavy atom. The van der Waals surface area contributed by atoms with Gasteiger partial charge in [-0.25, -0.2) is 0 Å². The summed E-state index contributed by atoms with van der Waals surface area (Å²) in [6.07, 6.45) is 2.51. The van der Waals surface area contributed by atoms with E-state index in [-0.39, 0.29) is 4.49 Å². The van der Waals surface area contributed by atoms with Gasteiger partial charge < -0.3 is 4.90 Å². The molecule has 1 saturated heterocycles. The van der Waals surface area contributed by atoms with Crippen LogP contribution in [0.25, 0.3) is 5.03 Å². The molecule has 1 heterocycles. The van der Waals surface area contributed by atoms with E-state index in [4.69, 9.17) is 34.8 Å². The molecule has 0 bridgehead atoms. The quantitative estimate of drug-likeness (QED) is 0.761. The summed E-state index contributed by atoms with van der Waals surface area (Å²) < 4.78 is 0.111. The van der Waals surface area contributed by atoms with E-state index in [1.54, 1.807) is 0 Å². The van der Waals surface area contributed by atoms with Gasteiger partial charge in [-0.2, -0.15) is 0 Å². The Labute approximate surface area is 111 Å². The molecule has 0 aromatic heterocycles. The van der Waals surface area contributed by atoms with Crippen molar-refractivity contribution in [2.45, 2.75) is 12.8 Å². The predicted molar refractivity (Wildman–Crippen MR) is 72.4 cm³/mol. The molecular formula is C12H12Cl3N. The van der Waals surface area contributed by atoms with Crippen LogP contribution in [-0.4, -0.2) is 13.1 Å². The van der Waals surface area contributed by atoms with Crippen LogP contribution in [0, 0.1) is 0 Å². The second-order valence-corrected chi connectivity index (χ2v) is 5.15. The molecule has 0 amide bonds. The molecule has 1 aliphatic rings. The highest BCUT2D eigenvalue weighted by molar-refractivity contribution is 6.66. The summed E-state index contributed by atoms with van der Waals surface area (Å²) in [5, 5.41) is 0.407. The molecule has 1 aromatic rings. The standard InChI is InChI=1S/C12H12Cl3N/c13-11(12(14)15)9-4-3-5-10(8-9)16-6-1-2-7-16/h3-5,8H,1-2,6-7H2. The van der Waals surface area contributed by atoms with E-state index in [1.165, 1.54) is 18.5 Å². The molecule has 0 saturated carbocycles. The van der Waals surface area contributed by atoms with Gasteiger partial charge in [-0.3, -0.25) is 0 Å². The van der Waals surface area contributed by atoms with Gasteiger partial charge in [0.25, 0.3) is 0 Å². The monoisotopic (exact) mass is 275 g/mol. The van der Waals surface area contributed by atoms with Gasteiger partial charge in [0.05, 0.1) is 5.03 Å². The normalized spacial score (nSPS) is 15.3. The van der Waals surface area contributed by atoms with Crippen molar-refractivity contribution in [2.24, 2.45) is 0 Å². The average Bonchev–Trinajstić information content (AvgIpc) is 2.81. The van der Waals surface area contributed by atoms with Crippen molar-refractivity contribution in [3.05, 3.63) is 34.3 Å². The Kier molecular flexibility index (Phi) is 4.01. The highest BCUT2D eigenvalue weighted by Gasteiger charge is 2.13. The summed E-state index contributed by atoms with van der Waals surface area (Å²) in [4.78, 5) is 2.34. The lowest BCUT2D eigenvalue weighted by Gasteiger charge is -2.18. The first-order valence-electron chi connectivity index (χ1n) is 5.24. The van der Waals surface area contributed by atoms with E-state index in [2.05, 4.69) is 11.0 Å². The molecule has 2 rings (SSSR count). The van der Waals surface area contributed by atoms with Crippen LogP contribution in [0.1, 0.15) is 18.4 Å². The SMILES string of the molecule is ClC(Cl)=C(Cl)c1cccc(N2CCCC2)c1. The van der Waals surface area contributed by atoms with Crippen LogP contribution in [-0.2, 0) is 0 Å². The summed E-state index contributed by atoms with van der Waals surface area (Å²) in [7, 11) is 0. The third kappa shape index (κ3) is 2.65. The zero-order chi connectivity index (χ0) is 11.5. The van der Waals surface area contributed by atoms with Gasteiger partial charge in [-0.1, -0.05) is 46.9 Å². The molecule has 0 unspecified atom stereocenters. The highest BCUT2D eigenvalue weighted by Crippen LogP contribution is 2.31. The molecule has 16 heavy (non-hydrogen) atoms. The van der Waals surface area contributed by atoms with Crippen molar-refractivity contribution in [1.82, 2.24) is 0 Å². The molecular weight excluding hydrogens is 264 g/mol. The molecule has 0 N–H and O–H groups in total. The van der Waals surface area contributed by atoms with Gasteiger partial charge in [0.15, 0.2) is 0 Å². The number of benzene rings is 1. The average molecular weight is 277 g/mol. The minimum Gasteiger partial charge on any atom is -0.372 e. The number of anilines is 1. The van der Waals surface area contributed by atoms with E-state index in [9.17, 15) is 0 Å². The van der Waals surface area contributed by atoms with Crippen LogP contribution >= 0.6 is 34.8 Å². The lowest BCUT2D eigenvalue weighted by atomic mass is 10.2. The van der Waals surface area contributed by atoms with Crippen molar-refractivity contribution in [2.75, 3.05) is 18.0 Å². The summed E-state index contributed by atoms with van der Waals surface area (Å²) >= 11 is 17.4. The van der Waals surface area contributed by atoms with E-state index < -0.39 is 0 Å². The Hall–Kier alpha value is -0.370. The van der Waals surface area contributed by atoms with Crippen molar-refractivity contribution in [3.8, 4) is 0 Å². The zero-order valence-corrected chi connectivity index (χ0v) is 11.0. The van der Waals surface area contributed by atoms with Gasteiger partial charge in [-0.15, -0.1) is 0 Å². The van der Waals surface area contributed by atoms with Crippen molar-refractivity contribution in [1.29, 1.82) is 0 Å². The van der Waals surface area contributed by atoms with Crippen molar-refractivity contribution < 1.29 is 0 Å². The fraction of sp³-hybridized carbons (Fsp3) is 0.333. The minimum atomic E-state index is 0.111. The van der Waals surface area contributed by atoms with Gasteiger partial charge >= 0.3 is 0 Å². The van der Waals surface area contributed by atoms with Gasteiger partial charge in [0.2, 0.25) is 0 Å². The second-order valence-electron chi connectivity index (χ2n) is 3.82. The Morgan fingerprint density at radius 2 is 1.75 bits per heavy atom. The lowest BCUT2D eigenvalue weighted by molar-refractivity contribution is 0.949. The molecule has 1 fully saturated rings. The molecule has 0 atom stereocenters. The van der Waals surface area contributed by atoms with E-state index >= 15 is 0 Å². The minimum absolute atomic E-state index is 0.111. The third-order valence-electron chi connectivity index (χ3n) is 2.74. The Balaban J connectivity index is 2.29. The largest absolute Gasteiger partial charge is 0.372 e. The fourth-order valence-electron chi connectivity index (χ4n) is 1.92. The summed E-state index contributed by atoms with van der Waals surface area (Å²) in [6, 6.07) is 7.99. The van der Waals surface area contributed by atoms with Crippen molar-refractivity contribution >= 4 is 45.5 Å². The molecule has 1 aliphatic heterocycles. The molecule has 86 valence electrons. The maximum atomic E-state index is 6.02. The van der Waals surface area contributed by atoms with Gasteiger partial charge in [0.1, 0.15) is 4.49 Å². The Bertz CT molecular complexity index is 404. The Morgan fingerprint density at radius 3 is 2.38 bits per heavy atom. The second kappa shape index (κ2) is 5.31. The molecule has 1 aromatic carbocycles. The van der Waals surface area contributed by atoms with Gasteiger partial charge in [-0.05, 0) is 30.5 Å². The van der Waals surface area contributed by atoms with Crippen LogP contribution < -0.4 is 4.90 Å². The number of hydrogen-bond acceptors (Lipinski definition) is 1. The molecule has 0 spiro atoms. The third-order valence-corrected chi connectivity index (χ3v) is 3.72. The highest BCUT2D eigenvalue weighted by atomic mass is 35.5. The van der Waals surface area contributed by atoms with Crippen LogP contribution in [0.2, 0.25) is 0 Å². The topological polar surface area (TPSA) is 3.24 Å². The molecule has 4 heteroatoms. The molecule has 0 radical (unpaired) electrons. The van der Waals surface area contributed by atoms with E-state index in [0.717, 1.165) is 18.7 Å². The number of nitrogens with zero attached hydrogens (tertiary/aromatic N) is 1. The first kappa shape index (κ1) is 12.1. The van der Waals surface area contributed by atoms with Crippen LogP contribution in [0.5, 0.6) is 0 Å². The smallest absolute Gasteiger partial charge is 0.126 e. The first-order valence-corrected chi connectivity index (χ1v) is 6.38. The van der Waals surface area contributed by atoms with Crippen molar-refractivity contribution in [3.63, 3.8) is 0 Å². The lowest BCUT2D eigenvalue weighted by Crippen LogP contribution is -2.17. The maximum Gasteiger partial charge on any atom is 0.126 e. The molecule has 1 nitrogen and oxygen atoms in total.